The van der Waals surface area contributed by atoms with Crippen molar-refractivity contribution < 1.29 is 9.47 Å². The molecule has 1 spiro atoms. The third kappa shape index (κ3) is 4.85. The topological polar surface area (TPSA) is 59.5 Å². The highest BCUT2D eigenvalue weighted by Crippen LogP contribution is 2.33. The van der Waals surface area contributed by atoms with Crippen LogP contribution in [-0.2, 0) is 16.0 Å². The van der Waals surface area contributed by atoms with Crippen molar-refractivity contribution in [2.75, 3.05) is 44.8 Å². The zero-order valence-corrected chi connectivity index (χ0v) is 16.9. The minimum absolute atomic E-state index is 0.186. The van der Waals surface area contributed by atoms with E-state index in [0.717, 1.165) is 57.3 Å². The number of ether oxygens (including phenoxy) is 2. The maximum absolute atomic E-state index is 6.32. The summed E-state index contributed by atoms with van der Waals surface area (Å²) in [6.45, 7) is 10.1. The van der Waals surface area contributed by atoms with E-state index in [-0.39, 0.29) is 5.60 Å². The number of aromatic nitrogens is 2. The Morgan fingerprint density at radius 3 is 2.96 bits per heavy atom. The predicted molar refractivity (Wildman–Crippen MR) is 107 cm³/mol. The fourth-order valence-electron chi connectivity index (χ4n) is 3.93. The van der Waals surface area contributed by atoms with Crippen molar-refractivity contribution in [2.45, 2.75) is 32.4 Å². The molecule has 0 radical (unpaired) electrons. The molecule has 2 aliphatic rings. The second kappa shape index (κ2) is 8.22. The smallest absolute Gasteiger partial charge is 0.148 e. The summed E-state index contributed by atoms with van der Waals surface area (Å²) in [6.07, 6.45) is 1.01. The quantitative estimate of drug-likeness (QED) is 0.850. The van der Waals surface area contributed by atoms with E-state index >= 15 is 0 Å². The molecule has 1 N–H and O–H groups in total. The van der Waals surface area contributed by atoms with E-state index in [2.05, 4.69) is 39.5 Å². The van der Waals surface area contributed by atoms with Crippen LogP contribution in [0.3, 0.4) is 0 Å². The van der Waals surface area contributed by atoms with E-state index < -0.39 is 0 Å². The molecule has 2 atom stereocenters. The lowest BCUT2D eigenvalue weighted by molar-refractivity contribution is -0.0561. The fourth-order valence-corrected chi connectivity index (χ4v) is 4.86. The molecule has 0 saturated carbocycles. The normalized spacial score (nSPS) is 26.4. The lowest BCUT2D eigenvalue weighted by Crippen LogP contribution is -2.43. The van der Waals surface area contributed by atoms with E-state index in [1.54, 1.807) is 0 Å². The number of thiophene rings is 1. The second-order valence-electron chi connectivity index (χ2n) is 7.78. The summed E-state index contributed by atoms with van der Waals surface area (Å²) in [5.41, 5.74) is 0.744. The van der Waals surface area contributed by atoms with Gasteiger partial charge < -0.3 is 14.8 Å². The number of aryl methyl sites for hydroxylation is 2. The molecule has 2 fully saturated rings. The largest absolute Gasteiger partial charge is 0.377 e. The van der Waals surface area contributed by atoms with Crippen LogP contribution >= 0.6 is 11.3 Å². The molecule has 0 amide bonds. The number of rotatable bonds is 5. The Morgan fingerprint density at radius 2 is 2.19 bits per heavy atom. The second-order valence-corrected chi connectivity index (χ2v) is 9.15. The van der Waals surface area contributed by atoms with Crippen molar-refractivity contribution in [2.24, 2.45) is 5.92 Å². The Hall–Kier alpha value is -1.54. The van der Waals surface area contributed by atoms with Gasteiger partial charge in [-0.3, -0.25) is 4.90 Å². The van der Waals surface area contributed by atoms with E-state index in [1.165, 1.54) is 9.75 Å². The van der Waals surface area contributed by atoms with Gasteiger partial charge in [0, 0.05) is 41.9 Å². The summed E-state index contributed by atoms with van der Waals surface area (Å²) < 4.78 is 12.2. The van der Waals surface area contributed by atoms with Crippen LogP contribution in [0.25, 0.3) is 0 Å². The summed E-state index contributed by atoms with van der Waals surface area (Å²) in [5, 5.41) is 11.7. The molecular weight excluding hydrogens is 360 g/mol. The average Bonchev–Trinajstić information content (AvgIpc) is 3.18. The Kier molecular flexibility index (Phi) is 5.73. The van der Waals surface area contributed by atoms with Crippen LogP contribution in [0.5, 0.6) is 0 Å². The van der Waals surface area contributed by atoms with Gasteiger partial charge in [-0.2, -0.15) is 5.10 Å². The molecule has 0 unspecified atom stereocenters. The van der Waals surface area contributed by atoms with Gasteiger partial charge in [0.2, 0.25) is 0 Å². The minimum Gasteiger partial charge on any atom is -0.377 e. The van der Waals surface area contributed by atoms with Crippen LogP contribution in [0.2, 0.25) is 0 Å². The lowest BCUT2D eigenvalue weighted by atomic mass is 9.94. The van der Waals surface area contributed by atoms with Crippen LogP contribution in [0.1, 0.15) is 21.9 Å². The molecule has 2 saturated heterocycles. The molecule has 0 bridgehead atoms. The van der Waals surface area contributed by atoms with Gasteiger partial charge in [0.1, 0.15) is 11.4 Å². The first kappa shape index (κ1) is 18.8. The molecule has 0 aliphatic carbocycles. The molecule has 146 valence electrons. The molecule has 6 nitrogen and oxygen atoms in total. The SMILES string of the molecule is Cc1ccc(NC[C@H]2CO[C@]3(COCCN(Cc4ccc(C)s4)C3)C2)nn1. The number of anilines is 1. The van der Waals surface area contributed by atoms with Crippen molar-refractivity contribution in [3.8, 4) is 0 Å². The van der Waals surface area contributed by atoms with Crippen molar-refractivity contribution in [3.05, 3.63) is 39.7 Å². The van der Waals surface area contributed by atoms with Gasteiger partial charge in [0.15, 0.2) is 0 Å². The van der Waals surface area contributed by atoms with Crippen molar-refractivity contribution in [3.63, 3.8) is 0 Å². The molecule has 2 aromatic heterocycles. The average molecular weight is 389 g/mol. The zero-order chi connectivity index (χ0) is 18.7. The Labute approximate surface area is 164 Å². The first-order chi connectivity index (χ1) is 13.1. The molecule has 27 heavy (non-hydrogen) atoms. The van der Waals surface area contributed by atoms with E-state index in [9.17, 15) is 0 Å². The van der Waals surface area contributed by atoms with E-state index in [1.807, 2.05) is 30.4 Å². The molecule has 0 aromatic carbocycles. The molecule has 4 rings (SSSR count). The molecule has 2 aliphatic heterocycles. The van der Waals surface area contributed by atoms with Crippen LogP contribution in [0.4, 0.5) is 5.82 Å². The van der Waals surface area contributed by atoms with Gasteiger partial charge in [-0.1, -0.05) is 0 Å². The van der Waals surface area contributed by atoms with Crippen LogP contribution in [0, 0.1) is 19.8 Å². The first-order valence-electron chi connectivity index (χ1n) is 9.64. The van der Waals surface area contributed by atoms with Crippen LogP contribution < -0.4 is 5.32 Å². The summed E-state index contributed by atoms with van der Waals surface area (Å²) in [7, 11) is 0. The van der Waals surface area contributed by atoms with Crippen LogP contribution in [-0.4, -0.2) is 60.2 Å². The molecule has 7 heteroatoms. The summed E-state index contributed by atoms with van der Waals surface area (Å²) in [4.78, 5) is 5.27. The third-order valence-corrected chi connectivity index (χ3v) is 6.25. The summed E-state index contributed by atoms with van der Waals surface area (Å²) >= 11 is 1.88. The lowest BCUT2D eigenvalue weighted by Gasteiger charge is -2.31. The molecular formula is C20H28N4O2S. The molecule has 4 heterocycles. The maximum atomic E-state index is 6.32. The zero-order valence-electron chi connectivity index (χ0n) is 16.1. The standard InChI is InChI=1S/C20H28N4O2S/c1-15-3-6-19(23-22-15)21-10-17-9-20(26-12-17)13-24(7-8-25-14-20)11-18-5-4-16(2)27-18/h3-6,17H,7-14H2,1-2H3,(H,21,23)/t17-,20+/m0/s1. The van der Waals surface area contributed by atoms with Gasteiger partial charge in [-0.05, 0) is 44.5 Å². The fraction of sp³-hybridized carbons (Fsp3) is 0.600. The Balaban J connectivity index is 1.33. The highest BCUT2D eigenvalue weighted by molar-refractivity contribution is 7.11. The van der Waals surface area contributed by atoms with E-state index in [4.69, 9.17) is 9.47 Å². The van der Waals surface area contributed by atoms with Crippen molar-refractivity contribution >= 4 is 17.2 Å². The monoisotopic (exact) mass is 388 g/mol. The van der Waals surface area contributed by atoms with Gasteiger partial charge >= 0.3 is 0 Å². The number of nitrogens with zero attached hydrogens (tertiary/aromatic N) is 3. The highest BCUT2D eigenvalue weighted by atomic mass is 32.1. The Bertz CT molecular complexity index is 751. The van der Waals surface area contributed by atoms with Gasteiger partial charge in [-0.15, -0.1) is 16.4 Å². The number of hydrogen-bond acceptors (Lipinski definition) is 7. The van der Waals surface area contributed by atoms with Crippen LogP contribution in [0.15, 0.2) is 24.3 Å². The van der Waals surface area contributed by atoms with Gasteiger partial charge in [0.05, 0.1) is 25.5 Å². The highest BCUT2D eigenvalue weighted by Gasteiger charge is 2.43. The molecule has 2 aromatic rings. The third-order valence-electron chi connectivity index (χ3n) is 5.26. The van der Waals surface area contributed by atoms with E-state index in [0.29, 0.717) is 12.5 Å². The van der Waals surface area contributed by atoms with Gasteiger partial charge in [-0.25, -0.2) is 0 Å². The first-order valence-corrected chi connectivity index (χ1v) is 10.5. The maximum Gasteiger partial charge on any atom is 0.148 e. The van der Waals surface area contributed by atoms with Crippen molar-refractivity contribution in [1.29, 1.82) is 0 Å². The van der Waals surface area contributed by atoms with Crippen molar-refractivity contribution in [1.82, 2.24) is 15.1 Å². The minimum atomic E-state index is -0.186. The summed E-state index contributed by atoms with van der Waals surface area (Å²) in [5.74, 6) is 1.29. The Morgan fingerprint density at radius 1 is 1.26 bits per heavy atom. The number of nitrogens with one attached hydrogen (secondary N) is 1. The summed E-state index contributed by atoms with van der Waals surface area (Å²) in [6, 6.07) is 8.40. The van der Waals surface area contributed by atoms with Gasteiger partial charge in [0.25, 0.3) is 0 Å². The predicted octanol–water partition coefficient (Wildman–Crippen LogP) is 2.87. The number of hydrogen-bond donors (Lipinski definition) is 1.